The van der Waals surface area contributed by atoms with E-state index in [-0.39, 0.29) is 6.10 Å². The molecule has 1 aromatic rings. The summed E-state index contributed by atoms with van der Waals surface area (Å²) < 4.78 is 0. The van der Waals surface area contributed by atoms with Gasteiger partial charge in [0.15, 0.2) is 0 Å². The maximum atomic E-state index is 9.63. The fourth-order valence-corrected chi connectivity index (χ4v) is 2.49. The average Bonchev–Trinajstić information content (AvgIpc) is 2.46. The third-order valence-electron chi connectivity index (χ3n) is 3.77. The van der Waals surface area contributed by atoms with E-state index >= 15 is 0 Å². The van der Waals surface area contributed by atoms with Crippen molar-refractivity contribution in [2.24, 2.45) is 11.8 Å². The molecule has 6 heteroatoms. The summed E-state index contributed by atoms with van der Waals surface area (Å²) in [6, 6.07) is 1.88. The highest BCUT2D eigenvalue weighted by Crippen LogP contribution is 2.25. The zero-order valence-electron chi connectivity index (χ0n) is 11.6. The number of hydrazine groups is 1. The molecule has 6 nitrogen and oxygen atoms in total. The number of nitrogens with zero attached hydrogens (tertiary/aromatic N) is 3. The van der Waals surface area contributed by atoms with Crippen LogP contribution < -0.4 is 16.2 Å². The Morgan fingerprint density at radius 1 is 1.47 bits per heavy atom. The van der Waals surface area contributed by atoms with E-state index in [2.05, 4.69) is 20.3 Å². The molecule has 1 aromatic heterocycles. The number of hydrogen-bond donors (Lipinski definition) is 3. The summed E-state index contributed by atoms with van der Waals surface area (Å²) in [7, 11) is 0. The molecular formula is C13H23N5O. The Morgan fingerprint density at radius 2 is 2.16 bits per heavy atom. The molecule has 1 atom stereocenters. The molecule has 1 fully saturated rings. The van der Waals surface area contributed by atoms with E-state index in [1.54, 1.807) is 0 Å². The first kappa shape index (κ1) is 14.0. The van der Waals surface area contributed by atoms with Crippen molar-refractivity contribution < 1.29 is 5.11 Å². The quantitative estimate of drug-likeness (QED) is 0.554. The van der Waals surface area contributed by atoms with Crippen LogP contribution in [-0.4, -0.2) is 34.3 Å². The number of aromatic nitrogens is 2. The summed E-state index contributed by atoms with van der Waals surface area (Å²) >= 11 is 0. The normalized spacial score (nSPS) is 18.4. The highest BCUT2D eigenvalue weighted by Gasteiger charge is 2.23. The van der Waals surface area contributed by atoms with Crippen LogP contribution in [0.2, 0.25) is 0 Å². The summed E-state index contributed by atoms with van der Waals surface area (Å²) in [5, 5.41) is 9.63. The molecule has 0 aromatic carbocycles. The Morgan fingerprint density at radius 3 is 2.68 bits per heavy atom. The number of nitrogens with two attached hydrogens (primary N) is 1. The van der Waals surface area contributed by atoms with Crippen molar-refractivity contribution in [1.82, 2.24) is 9.97 Å². The number of piperidine rings is 1. The van der Waals surface area contributed by atoms with Crippen LogP contribution in [0.5, 0.6) is 0 Å². The van der Waals surface area contributed by atoms with Gasteiger partial charge in [-0.3, -0.25) is 0 Å². The predicted molar refractivity (Wildman–Crippen MR) is 75.8 cm³/mol. The molecule has 4 N–H and O–H groups in total. The minimum atomic E-state index is -0.222. The Bertz CT molecular complexity index is 393. The molecule has 0 spiro atoms. The SMILES string of the molecule is CCc1nc(NN)cc(N2CCC(C(C)O)CC2)n1. The first-order valence-corrected chi connectivity index (χ1v) is 6.91. The Hall–Kier alpha value is -1.40. The van der Waals surface area contributed by atoms with E-state index in [9.17, 15) is 5.11 Å². The third kappa shape index (κ3) is 3.33. The van der Waals surface area contributed by atoms with Crippen molar-refractivity contribution in [2.45, 2.75) is 39.2 Å². The minimum Gasteiger partial charge on any atom is -0.393 e. The molecule has 1 aliphatic heterocycles. The van der Waals surface area contributed by atoms with Gasteiger partial charge in [0.1, 0.15) is 17.5 Å². The zero-order valence-corrected chi connectivity index (χ0v) is 11.6. The van der Waals surface area contributed by atoms with Gasteiger partial charge in [-0.1, -0.05) is 6.92 Å². The number of aryl methyl sites for hydroxylation is 1. The van der Waals surface area contributed by atoms with Gasteiger partial charge in [-0.05, 0) is 25.7 Å². The van der Waals surface area contributed by atoms with Gasteiger partial charge in [0.2, 0.25) is 0 Å². The molecule has 106 valence electrons. The molecule has 1 saturated heterocycles. The number of aliphatic hydroxyl groups is 1. The lowest BCUT2D eigenvalue weighted by Gasteiger charge is -2.34. The topological polar surface area (TPSA) is 87.3 Å². The second-order valence-electron chi connectivity index (χ2n) is 5.09. The predicted octanol–water partition coefficient (Wildman–Crippen LogP) is 0.922. The van der Waals surface area contributed by atoms with Crippen LogP contribution in [0.25, 0.3) is 0 Å². The van der Waals surface area contributed by atoms with Crippen LogP contribution >= 0.6 is 0 Å². The molecule has 0 aliphatic carbocycles. The highest BCUT2D eigenvalue weighted by molar-refractivity contribution is 5.49. The van der Waals surface area contributed by atoms with Gasteiger partial charge in [-0.25, -0.2) is 15.8 Å². The highest BCUT2D eigenvalue weighted by atomic mass is 16.3. The van der Waals surface area contributed by atoms with Gasteiger partial charge >= 0.3 is 0 Å². The van der Waals surface area contributed by atoms with Crippen molar-refractivity contribution in [3.05, 3.63) is 11.9 Å². The van der Waals surface area contributed by atoms with Crippen molar-refractivity contribution >= 4 is 11.6 Å². The van der Waals surface area contributed by atoms with E-state index in [0.29, 0.717) is 11.7 Å². The first-order chi connectivity index (χ1) is 9.13. The molecule has 2 heterocycles. The van der Waals surface area contributed by atoms with Crippen LogP contribution in [-0.2, 0) is 6.42 Å². The smallest absolute Gasteiger partial charge is 0.145 e. The standard InChI is InChI=1S/C13H23N5O/c1-3-11-15-12(17-14)8-13(16-11)18-6-4-10(5-7-18)9(2)19/h8-10,19H,3-7,14H2,1-2H3,(H,15,16,17). The summed E-state index contributed by atoms with van der Waals surface area (Å²) in [4.78, 5) is 11.1. The zero-order chi connectivity index (χ0) is 13.8. The van der Waals surface area contributed by atoms with Gasteiger partial charge in [0.25, 0.3) is 0 Å². The van der Waals surface area contributed by atoms with E-state index in [4.69, 9.17) is 5.84 Å². The molecule has 1 unspecified atom stereocenters. The second-order valence-corrected chi connectivity index (χ2v) is 5.09. The number of hydrogen-bond acceptors (Lipinski definition) is 6. The monoisotopic (exact) mass is 265 g/mol. The van der Waals surface area contributed by atoms with Crippen molar-refractivity contribution in [2.75, 3.05) is 23.4 Å². The lowest BCUT2D eigenvalue weighted by molar-refractivity contribution is 0.110. The fourth-order valence-electron chi connectivity index (χ4n) is 2.49. The van der Waals surface area contributed by atoms with Gasteiger partial charge in [0.05, 0.1) is 6.10 Å². The van der Waals surface area contributed by atoms with E-state index in [1.165, 1.54) is 0 Å². The maximum Gasteiger partial charge on any atom is 0.145 e. The molecule has 0 bridgehead atoms. The van der Waals surface area contributed by atoms with Crippen LogP contribution in [0.4, 0.5) is 11.6 Å². The van der Waals surface area contributed by atoms with Crippen LogP contribution in [0.15, 0.2) is 6.07 Å². The molecule has 0 saturated carbocycles. The molecule has 19 heavy (non-hydrogen) atoms. The lowest BCUT2D eigenvalue weighted by atomic mass is 9.92. The number of nitrogens with one attached hydrogen (secondary N) is 1. The lowest BCUT2D eigenvalue weighted by Crippen LogP contribution is -2.37. The van der Waals surface area contributed by atoms with Gasteiger partial charge < -0.3 is 15.4 Å². The summed E-state index contributed by atoms with van der Waals surface area (Å²) in [6.07, 6.45) is 2.55. The van der Waals surface area contributed by atoms with Crippen molar-refractivity contribution in [3.63, 3.8) is 0 Å². The molecule has 2 rings (SSSR count). The van der Waals surface area contributed by atoms with Crippen LogP contribution in [0, 0.1) is 5.92 Å². The van der Waals surface area contributed by atoms with Crippen molar-refractivity contribution in [1.29, 1.82) is 0 Å². The summed E-state index contributed by atoms with van der Waals surface area (Å²) in [5.74, 6) is 8.21. The maximum absolute atomic E-state index is 9.63. The summed E-state index contributed by atoms with van der Waals surface area (Å²) in [5.41, 5.74) is 2.59. The van der Waals surface area contributed by atoms with E-state index in [1.807, 2.05) is 19.9 Å². The molecule has 1 aliphatic rings. The fraction of sp³-hybridized carbons (Fsp3) is 0.692. The summed E-state index contributed by atoms with van der Waals surface area (Å²) in [6.45, 7) is 5.73. The van der Waals surface area contributed by atoms with Crippen LogP contribution in [0.3, 0.4) is 0 Å². The Balaban J connectivity index is 2.10. The molecule has 0 radical (unpaired) electrons. The van der Waals surface area contributed by atoms with E-state index < -0.39 is 0 Å². The van der Waals surface area contributed by atoms with E-state index in [0.717, 1.165) is 44.0 Å². The van der Waals surface area contributed by atoms with Crippen LogP contribution in [0.1, 0.15) is 32.5 Å². The first-order valence-electron chi connectivity index (χ1n) is 6.91. The molecule has 0 amide bonds. The number of aliphatic hydroxyl groups excluding tert-OH is 1. The number of anilines is 2. The third-order valence-corrected chi connectivity index (χ3v) is 3.77. The van der Waals surface area contributed by atoms with Gasteiger partial charge in [0, 0.05) is 25.6 Å². The largest absolute Gasteiger partial charge is 0.393 e. The molecular weight excluding hydrogens is 242 g/mol. The average molecular weight is 265 g/mol. The van der Waals surface area contributed by atoms with Crippen molar-refractivity contribution in [3.8, 4) is 0 Å². The number of nitrogen functional groups attached to an aromatic ring is 1. The Kier molecular flexibility index (Phi) is 4.55. The van der Waals surface area contributed by atoms with Gasteiger partial charge in [-0.2, -0.15) is 0 Å². The Labute approximate surface area is 114 Å². The van der Waals surface area contributed by atoms with Gasteiger partial charge in [-0.15, -0.1) is 0 Å². The second kappa shape index (κ2) is 6.16. The minimum absolute atomic E-state index is 0.222. The number of rotatable bonds is 4.